The molecule has 0 spiro atoms. The summed E-state index contributed by atoms with van der Waals surface area (Å²) < 4.78 is 16.0. The standard InChI is InChI=1S/C16H22N2O3/c1-3-20-15-7-4-6-13(10-15)16-18-14(12-21-16)11-17-8-5-9-19-2/h4,6-7,10,12,17H,3,5,8-9,11H2,1-2H3. The van der Waals surface area contributed by atoms with E-state index in [0.717, 1.165) is 36.6 Å². The van der Waals surface area contributed by atoms with E-state index in [0.29, 0.717) is 19.0 Å². The van der Waals surface area contributed by atoms with Crippen LogP contribution in [-0.2, 0) is 11.3 Å². The maximum absolute atomic E-state index is 5.53. The van der Waals surface area contributed by atoms with Crippen molar-refractivity contribution in [2.75, 3.05) is 26.9 Å². The van der Waals surface area contributed by atoms with E-state index in [-0.39, 0.29) is 0 Å². The lowest BCUT2D eigenvalue weighted by Gasteiger charge is -2.03. The average Bonchev–Trinajstić information content (AvgIpc) is 2.97. The van der Waals surface area contributed by atoms with Crippen molar-refractivity contribution in [1.29, 1.82) is 0 Å². The molecule has 114 valence electrons. The van der Waals surface area contributed by atoms with Gasteiger partial charge in [0, 0.05) is 25.8 Å². The van der Waals surface area contributed by atoms with E-state index in [1.54, 1.807) is 13.4 Å². The van der Waals surface area contributed by atoms with Crippen LogP contribution in [0.5, 0.6) is 5.75 Å². The van der Waals surface area contributed by atoms with Crippen molar-refractivity contribution in [2.24, 2.45) is 0 Å². The Kier molecular flexibility index (Phi) is 6.24. The molecule has 0 radical (unpaired) electrons. The zero-order valence-corrected chi connectivity index (χ0v) is 12.6. The van der Waals surface area contributed by atoms with Gasteiger partial charge in [-0.1, -0.05) is 6.07 Å². The first kappa shape index (κ1) is 15.5. The van der Waals surface area contributed by atoms with E-state index in [2.05, 4.69) is 10.3 Å². The van der Waals surface area contributed by atoms with Gasteiger partial charge in [-0.2, -0.15) is 0 Å². The molecule has 0 fully saturated rings. The number of ether oxygens (including phenoxy) is 2. The van der Waals surface area contributed by atoms with Crippen LogP contribution in [0.15, 0.2) is 34.9 Å². The van der Waals surface area contributed by atoms with Crippen molar-refractivity contribution in [3.63, 3.8) is 0 Å². The Morgan fingerprint density at radius 3 is 3.05 bits per heavy atom. The third kappa shape index (κ3) is 4.88. The molecule has 0 aliphatic heterocycles. The number of hydrogen-bond donors (Lipinski definition) is 1. The van der Waals surface area contributed by atoms with Crippen molar-refractivity contribution in [3.8, 4) is 17.2 Å². The third-order valence-electron chi connectivity index (χ3n) is 2.95. The number of nitrogens with zero attached hydrogens (tertiary/aromatic N) is 1. The minimum absolute atomic E-state index is 0.616. The molecule has 0 saturated heterocycles. The lowest BCUT2D eigenvalue weighted by atomic mass is 10.2. The second-order valence-corrected chi connectivity index (χ2v) is 4.63. The summed E-state index contributed by atoms with van der Waals surface area (Å²) in [6.45, 7) is 4.96. The van der Waals surface area contributed by atoms with Gasteiger partial charge in [0.05, 0.1) is 12.3 Å². The molecule has 5 heteroatoms. The molecule has 1 aromatic heterocycles. The minimum Gasteiger partial charge on any atom is -0.494 e. The van der Waals surface area contributed by atoms with Crippen LogP contribution < -0.4 is 10.1 Å². The molecule has 1 aromatic carbocycles. The number of nitrogens with one attached hydrogen (secondary N) is 1. The van der Waals surface area contributed by atoms with Crippen LogP contribution in [0.4, 0.5) is 0 Å². The van der Waals surface area contributed by atoms with Crippen LogP contribution in [0, 0.1) is 0 Å². The predicted octanol–water partition coefficient (Wildman–Crippen LogP) is 2.87. The van der Waals surface area contributed by atoms with Crippen molar-refractivity contribution in [1.82, 2.24) is 10.3 Å². The molecule has 1 heterocycles. The van der Waals surface area contributed by atoms with Crippen molar-refractivity contribution in [3.05, 3.63) is 36.2 Å². The first-order valence-corrected chi connectivity index (χ1v) is 7.20. The van der Waals surface area contributed by atoms with Gasteiger partial charge in [-0.3, -0.25) is 0 Å². The fourth-order valence-corrected chi connectivity index (χ4v) is 1.96. The molecule has 21 heavy (non-hydrogen) atoms. The van der Waals surface area contributed by atoms with Gasteiger partial charge in [-0.25, -0.2) is 4.98 Å². The van der Waals surface area contributed by atoms with Crippen molar-refractivity contribution in [2.45, 2.75) is 19.9 Å². The van der Waals surface area contributed by atoms with Gasteiger partial charge in [-0.15, -0.1) is 0 Å². The molecule has 2 aromatic rings. The van der Waals surface area contributed by atoms with Crippen LogP contribution in [0.2, 0.25) is 0 Å². The van der Waals surface area contributed by atoms with Gasteiger partial charge in [0.1, 0.15) is 12.0 Å². The molecule has 0 aliphatic rings. The highest BCUT2D eigenvalue weighted by molar-refractivity contribution is 5.55. The van der Waals surface area contributed by atoms with Gasteiger partial charge in [0.2, 0.25) is 5.89 Å². The summed E-state index contributed by atoms with van der Waals surface area (Å²) in [5.74, 6) is 1.44. The van der Waals surface area contributed by atoms with Crippen LogP contribution in [0.25, 0.3) is 11.5 Å². The summed E-state index contributed by atoms with van der Waals surface area (Å²) in [5, 5.41) is 3.31. The summed E-state index contributed by atoms with van der Waals surface area (Å²) >= 11 is 0. The van der Waals surface area contributed by atoms with Gasteiger partial charge >= 0.3 is 0 Å². The lowest BCUT2D eigenvalue weighted by Crippen LogP contribution is -2.16. The summed E-state index contributed by atoms with van der Waals surface area (Å²) in [6, 6.07) is 7.76. The monoisotopic (exact) mass is 290 g/mol. The highest BCUT2D eigenvalue weighted by Crippen LogP contribution is 2.23. The molecule has 2 rings (SSSR count). The summed E-state index contributed by atoms with van der Waals surface area (Å²) in [5.41, 5.74) is 1.82. The first-order valence-electron chi connectivity index (χ1n) is 7.20. The van der Waals surface area contributed by atoms with Crippen LogP contribution in [-0.4, -0.2) is 31.9 Å². The number of benzene rings is 1. The van der Waals surface area contributed by atoms with Crippen LogP contribution >= 0.6 is 0 Å². The maximum Gasteiger partial charge on any atom is 0.226 e. The molecule has 0 bridgehead atoms. The Bertz CT molecular complexity index is 540. The first-order chi connectivity index (χ1) is 10.3. The zero-order chi connectivity index (χ0) is 14.9. The largest absolute Gasteiger partial charge is 0.494 e. The number of methoxy groups -OCH3 is 1. The summed E-state index contributed by atoms with van der Waals surface area (Å²) in [6.07, 6.45) is 2.67. The normalized spacial score (nSPS) is 10.8. The smallest absolute Gasteiger partial charge is 0.226 e. The Hall–Kier alpha value is -1.85. The Balaban J connectivity index is 1.91. The summed E-state index contributed by atoms with van der Waals surface area (Å²) in [7, 11) is 1.71. The number of rotatable bonds is 9. The van der Waals surface area contributed by atoms with Gasteiger partial charge in [-0.05, 0) is 38.1 Å². The molecular weight excluding hydrogens is 268 g/mol. The molecule has 0 unspecified atom stereocenters. The van der Waals surface area contributed by atoms with E-state index in [9.17, 15) is 0 Å². The lowest BCUT2D eigenvalue weighted by molar-refractivity contribution is 0.194. The SMILES string of the molecule is CCOc1cccc(-c2nc(CNCCCOC)co2)c1. The van der Waals surface area contributed by atoms with Crippen LogP contribution in [0.3, 0.4) is 0 Å². The number of oxazole rings is 1. The molecule has 0 amide bonds. The molecule has 5 nitrogen and oxygen atoms in total. The van der Waals surface area contributed by atoms with E-state index in [1.807, 2.05) is 31.2 Å². The van der Waals surface area contributed by atoms with Gasteiger partial charge in [0.15, 0.2) is 0 Å². The highest BCUT2D eigenvalue weighted by Gasteiger charge is 2.07. The molecule has 1 N–H and O–H groups in total. The quantitative estimate of drug-likeness (QED) is 0.720. The minimum atomic E-state index is 0.616. The van der Waals surface area contributed by atoms with Gasteiger partial charge in [0.25, 0.3) is 0 Å². The third-order valence-corrected chi connectivity index (χ3v) is 2.95. The van der Waals surface area contributed by atoms with Crippen molar-refractivity contribution >= 4 is 0 Å². The maximum atomic E-state index is 5.53. The summed E-state index contributed by atoms with van der Waals surface area (Å²) in [4.78, 5) is 4.48. The molecule has 0 atom stereocenters. The average molecular weight is 290 g/mol. The van der Waals surface area contributed by atoms with Crippen molar-refractivity contribution < 1.29 is 13.9 Å². The zero-order valence-electron chi connectivity index (χ0n) is 12.6. The van der Waals surface area contributed by atoms with E-state index < -0.39 is 0 Å². The predicted molar refractivity (Wildman–Crippen MR) is 81.3 cm³/mol. The van der Waals surface area contributed by atoms with E-state index in [4.69, 9.17) is 13.9 Å². The van der Waals surface area contributed by atoms with Gasteiger partial charge < -0.3 is 19.2 Å². The van der Waals surface area contributed by atoms with E-state index in [1.165, 1.54) is 0 Å². The van der Waals surface area contributed by atoms with E-state index >= 15 is 0 Å². The Labute approximate surface area is 125 Å². The van der Waals surface area contributed by atoms with Crippen LogP contribution in [0.1, 0.15) is 19.0 Å². The second-order valence-electron chi connectivity index (χ2n) is 4.63. The fourth-order valence-electron chi connectivity index (χ4n) is 1.96. The second kappa shape index (κ2) is 8.44. The number of hydrogen-bond acceptors (Lipinski definition) is 5. The molecular formula is C16H22N2O3. The molecule has 0 saturated carbocycles. The Morgan fingerprint density at radius 1 is 1.33 bits per heavy atom. The Morgan fingerprint density at radius 2 is 2.24 bits per heavy atom. The fraction of sp³-hybridized carbons (Fsp3) is 0.438. The molecule has 0 aliphatic carbocycles. The number of aromatic nitrogens is 1. The highest BCUT2D eigenvalue weighted by atomic mass is 16.5. The topological polar surface area (TPSA) is 56.5 Å².